The van der Waals surface area contributed by atoms with Gasteiger partial charge in [-0.2, -0.15) is 0 Å². The van der Waals surface area contributed by atoms with Gasteiger partial charge in [0, 0.05) is 24.6 Å². The van der Waals surface area contributed by atoms with E-state index in [1.54, 1.807) is 48.7 Å². The zero-order valence-corrected chi connectivity index (χ0v) is 14.8. The van der Waals surface area contributed by atoms with Gasteiger partial charge in [0.25, 0.3) is 11.8 Å². The lowest BCUT2D eigenvalue weighted by Crippen LogP contribution is -2.23. The van der Waals surface area contributed by atoms with Crippen LogP contribution in [-0.4, -0.2) is 23.9 Å². The molecule has 0 atom stereocenters. The summed E-state index contributed by atoms with van der Waals surface area (Å²) in [5, 5.41) is 5.69. The highest BCUT2D eigenvalue weighted by atomic mass is 16.5. The quantitative estimate of drug-likeness (QED) is 0.706. The van der Waals surface area contributed by atoms with Gasteiger partial charge in [-0.15, -0.1) is 0 Å². The molecule has 0 aliphatic heterocycles. The summed E-state index contributed by atoms with van der Waals surface area (Å²) < 4.78 is 5.22. The summed E-state index contributed by atoms with van der Waals surface area (Å²) in [6.45, 7) is 0.339. The smallest absolute Gasteiger partial charge is 0.259 e. The molecule has 1 heterocycles. The van der Waals surface area contributed by atoms with Crippen LogP contribution in [0.3, 0.4) is 0 Å². The Morgan fingerprint density at radius 3 is 2.63 bits per heavy atom. The fourth-order valence-electron chi connectivity index (χ4n) is 2.57. The van der Waals surface area contributed by atoms with Crippen LogP contribution in [0.15, 0.2) is 73.1 Å². The number of hydrogen-bond donors (Lipinski definition) is 2. The van der Waals surface area contributed by atoms with Crippen molar-refractivity contribution in [3.8, 4) is 5.75 Å². The van der Waals surface area contributed by atoms with Gasteiger partial charge in [-0.1, -0.05) is 24.3 Å². The van der Waals surface area contributed by atoms with Crippen LogP contribution in [0.5, 0.6) is 5.75 Å². The molecule has 136 valence electrons. The Bertz CT molecular complexity index is 942. The van der Waals surface area contributed by atoms with Crippen LogP contribution >= 0.6 is 0 Å². The number of carbonyl (C=O) groups is 2. The molecule has 0 saturated heterocycles. The van der Waals surface area contributed by atoms with Gasteiger partial charge < -0.3 is 15.4 Å². The molecule has 2 aromatic carbocycles. The van der Waals surface area contributed by atoms with Crippen molar-refractivity contribution in [2.45, 2.75) is 6.54 Å². The molecule has 3 rings (SSSR count). The van der Waals surface area contributed by atoms with Gasteiger partial charge in [-0.05, 0) is 42.0 Å². The molecule has 0 radical (unpaired) electrons. The van der Waals surface area contributed by atoms with Crippen molar-refractivity contribution in [1.29, 1.82) is 0 Å². The number of pyridine rings is 1. The Morgan fingerprint density at radius 1 is 1.00 bits per heavy atom. The standard InChI is InChI=1S/C21H19N3O3/c1-27-19-10-3-2-9-18(19)21(26)24-17-8-4-6-15(12-17)13-23-20(25)16-7-5-11-22-14-16/h2-12,14H,13H2,1H3,(H,23,25)(H,24,26). The molecule has 0 fully saturated rings. The number of amides is 2. The Morgan fingerprint density at radius 2 is 1.85 bits per heavy atom. The molecule has 0 aliphatic rings. The number of anilines is 1. The molecule has 6 heteroatoms. The lowest BCUT2D eigenvalue weighted by molar-refractivity contribution is 0.0949. The monoisotopic (exact) mass is 361 g/mol. The van der Waals surface area contributed by atoms with Crippen molar-refractivity contribution in [2.24, 2.45) is 0 Å². The normalized spacial score (nSPS) is 10.1. The van der Waals surface area contributed by atoms with Crippen molar-refractivity contribution in [2.75, 3.05) is 12.4 Å². The van der Waals surface area contributed by atoms with E-state index < -0.39 is 0 Å². The molecular formula is C21H19N3O3. The molecule has 0 aliphatic carbocycles. The molecule has 3 aromatic rings. The van der Waals surface area contributed by atoms with Crippen LogP contribution in [0.2, 0.25) is 0 Å². The van der Waals surface area contributed by atoms with Crippen molar-refractivity contribution in [1.82, 2.24) is 10.3 Å². The van der Waals surface area contributed by atoms with Gasteiger partial charge in [0.15, 0.2) is 0 Å². The van der Waals surface area contributed by atoms with E-state index in [-0.39, 0.29) is 11.8 Å². The summed E-state index contributed by atoms with van der Waals surface area (Å²) in [5.74, 6) is 0.0467. The summed E-state index contributed by atoms with van der Waals surface area (Å²) in [4.78, 5) is 28.5. The predicted molar refractivity (Wildman–Crippen MR) is 103 cm³/mol. The summed E-state index contributed by atoms with van der Waals surface area (Å²) >= 11 is 0. The highest BCUT2D eigenvalue weighted by Gasteiger charge is 2.12. The van der Waals surface area contributed by atoms with Crippen LogP contribution in [0.4, 0.5) is 5.69 Å². The molecule has 0 spiro atoms. The highest BCUT2D eigenvalue weighted by Crippen LogP contribution is 2.19. The fourth-order valence-corrected chi connectivity index (χ4v) is 2.57. The lowest BCUT2D eigenvalue weighted by atomic mass is 10.1. The van der Waals surface area contributed by atoms with E-state index in [1.165, 1.54) is 13.3 Å². The van der Waals surface area contributed by atoms with E-state index in [2.05, 4.69) is 15.6 Å². The number of aromatic nitrogens is 1. The SMILES string of the molecule is COc1ccccc1C(=O)Nc1cccc(CNC(=O)c2cccnc2)c1. The first kappa shape index (κ1) is 18.1. The Kier molecular flexibility index (Phi) is 5.79. The summed E-state index contributed by atoms with van der Waals surface area (Å²) in [6.07, 6.45) is 3.13. The fraction of sp³-hybridized carbons (Fsp3) is 0.0952. The molecule has 0 saturated carbocycles. The molecule has 0 unspecified atom stereocenters. The second-order valence-corrected chi connectivity index (χ2v) is 5.78. The number of ether oxygens (including phenoxy) is 1. The van der Waals surface area contributed by atoms with Crippen molar-refractivity contribution in [3.63, 3.8) is 0 Å². The number of methoxy groups -OCH3 is 1. The third-order valence-electron chi connectivity index (χ3n) is 3.91. The number of hydrogen-bond acceptors (Lipinski definition) is 4. The summed E-state index contributed by atoms with van der Waals surface area (Å²) in [6, 6.07) is 17.7. The maximum Gasteiger partial charge on any atom is 0.259 e. The number of nitrogens with one attached hydrogen (secondary N) is 2. The van der Waals surface area contributed by atoms with Gasteiger partial charge in [-0.25, -0.2) is 0 Å². The first-order valence-corrected chi connectivity index (χ1v) is 8.39. The maximum atomic E-state index is 12.5. The first-order valence-electron chi connectivity index (χ1n) is 8.39. The number of rotatable bonds is 6. The van der Waals surface area contributed by atoms with E-state index >= 15 is 0 Å². The van der Waals surface area contributed by atoms with E-state index in [9.17, 15) is 9.59 Å². The minimum absolute atomic E-state index is 0.202. The Labute approximate surface area is 157 Å². The zero-order chi connectivity index (χ0) is 19.1. The van der Waals surface area contributed by atoms with Crippen molar-refractivity contribution >= 4 is 17.5 Å². The van der Waals surface area contributed by atoms with Gasteiger partial charge in [-0.3, -0.25) is 14.6 Å². The third kappa shape index (κ3) is 4.70. The largest absolute Gasteiger partial charge is 0.496 e. The van der Waals surface area contributed by atoms with Crippen LogP contribution in [0, 0.1) is 0 Å². The van der Waals surface area contributed by atoms with E-state index in [4.69, 9.17) is 4.74 Å². The van der Waals surface area contributed by atoms with Crippen molar-refractivity contribution in [3.05, 3.63) is 89.7 Å². The van der Waals surface area contributed by atoms with Gasteiger partial charge >= 0.3 is 0 Å². The Hall–Kier alpha value is -3.67. The molecule has 6 nitrogen and oxygen atoms in total. The highest BCUT2D eigenvalue weighted by molar-refractivity contribution is 6.06. The van der Waals surface area contributed by atoms with Crippen LogP contribution in [0.25, 0.3) is 0 Å². The molecule has 2 N–H and O–H groups in total. The summed E-state index contributed by atoms with van der Waals surface area (Å²) in [7, 11) is 1.53. The van der Waals surface area contributed by atoms with Gasteiger partial charge in [0.1, 0.15) is 5.75 Å². The van der Waals surface area contributed by atoms with Crippen molar-refractivity contribution < 1.29 is 14.3 Å². The topological polar surface area (TPSA) is 80.3 Å². The number of para-hydroxylation sites is 1. The number of nitrogens with zero attached hydrogens (tertiary/aromatic N) is 1. The maximum absolute atomic E-state index is 12.5. The van der Waals surface area contributed by atoms with Crippen LogP contribution in [-0.2, 0) is 6.54 Å². The number of benzene rings is 2. The van der Waals surface area contributed by atoms with Gasteiger partial charge in [0.05, 0.1) is 18.2 Å². The average Bonchev–Trinajstić information content (AvgIpc) is 2.73. The Balaban J connectivity index is 1.65. The lowest BCUT2D eigenvalue weighted by Gasteiger charge is -2.11. The summed E-state index contributed by atoms with van der Waals surface area (Å²) in [5.41, 5.74) is 2.46. The minimum atomic E-state index is -0.260. The van der Waals surface area contributed by atoms with E-state index in [0.29, 0.717) is 29.1 Å². The zero-order valence-electron chi connectivity index (χ0n) is 14.8. The predicted octanol–water partition coefficient (Wildman–Crippen LogP) is 3.27. The van der Waals surface area contributed by atoms with Crippen LogP contribution < -0.4 is 15.4 Å². The third-order valence-corrected chi connectivity index (χ3v) is 3.91. The second kappa shape index (κ2) is 8.62. The number of carbonyl (C=O) groups excluding carboxylic acids is 2. The first-order chi connectivity index (χ1) is 13.2. The van der Waals surface area contributed by atoms with E-state index in [0.717, 1.165) is 5.56 Å². The van der Waals surface area contributed by atoms with Gasteiger partial charge in [0.2, 0.25) is 0 Å². The molecule has 27 heavy (non-hydrogen) atoms. The molecule has 2 amide bonds. The second-order valence-electron chi connectivity index (χ2n) is 5.78. The molecular weight excluding hydrogens is 342 g/mol. The average molecular weight is 361 g/mol. The van der Waals surface area contributed by atoms with Crippen LogP contribution in [0.1, 0.15) is 26.3 Å². The molecule has 1 aromatic heterocycles. The van der Waals surface area contributed by atoms with E-state index in [1.807, 2.05) is 18.2 Å². The molecule has 0 bridgehead atoms. The minimum Gasteiger partial charge on any atom is -0.496 e.